The van der Waals surface area contributed by atoms with Crippen molar-refractivity contribution in [1.29, 1.82) is 0 Å². The van der Waals surface area contributed by atoms with E-state index in [-0.39, 0.29) is 17.8 Å². The number of nitrogens with zero attached hydrogens (tertiary/aromatic N) is 2. The van der Waals surface area contributed by atoms with Gasteiger partial charge in [-0.05, 0) is 24.5 Å². The molecule has 2 aromatic rings. The van der Waals surface area contributed by atoms with Gasteiger partial charge in [-0.2, -0.15) is 0 Å². The first-order valence-corrected chi connectivity index (χ1v) is 8.26. The Balaban J connectivity index is 1.74. The van der Waals surface area contributed by atoms with E-state index in [0.717, 1.165) is 24.4 Å². The number of hydrogen-bond donors (Lipinski definition) is 1. The van der Waals surface area contributed by atoms with Crippen LogP contribution in [0.5, 0.6) is 0 Å². The molecule has 116 valence electrons. The first-order chi connectivity index (χ1) is 10.7. The Morgan fingerprint density at radius 2 is 2.27 bits per heavy atom. The number of likely N-dealkylation sites (tertiary alicyclic amines) is 1. The van der Waals surface area contributed by atoms with Crippen LogP contribution in [0.1, 0.15) is 33.9 Å². The quantitative estimate of drug-likeness (QED) is 0.941. The minimum Gasteiger partial charge on any atom is -0.333 e. The Morgan fingerprint density at radius 1 is 1.45 bits per heavy atom. The number of amides is 1. The van der Waals surface area contributed by atoms with E-state index < -0.39 is 0 Å². The predicted molar refractivity (Wildman–Crippen MR) is 84.4 cm³/mol. The summed E-state index contributed by atoms with van der Waals surface area (Å²) in [6, 6.07) is 6.75. The smallest absolute Gasteiger partial charge is 0.273 e. The average molecular weight is 319 g/mol. The highest BCUT2D eigenvalue weighted by Crippen LogP contribution is 2.22. The van der Waals surface area contributed by atoms with E-state index in [1.807, 2.05) is 4.90 Å². The van der Waals surface area contributed by atoms with Crippen LogP contribution in [0, 0.1) is 5.82 Å². The van der Waals surface area contributed by atoms with Crippen molar-refractivity contribution in [2.75, 3.05) is 13.1 Å². The van der Waals surface area contributed by atoms with Gasteiger partial charge in [0.2, 0.25) is 0 Å². The van der Waals surface area contributed by atoms with E-state index in [1.54, 1.807) is 23.6 Å². The molecule has 1 amide bonds. The second kappa shape index (κ2) is 6.54. The number of thiazole rings is 1. The number of benzene rings is 1. The van der Waals surface area contributed by atoms with Crippen LogP contribution in [0.2, 0.25) is 0 Å². The zero-order valence-corrected chi connectivity index (χ0v) is 13.0. The summed E-state index contributed by atoms with van der Waals surface area (Å²) >= 11 is 1.39. The largest absolute Gasteiger partial charge is 0.333 e. The van der Waals surface area contributed by atoms with Gasteiger partial charge in [-0.3, -0.25) is 4.79 Å². The maximum atomic E-state index is 13.7. The minimum atomic E-state index is -0.242. The lowest BCUT2D eigenvalue weighted by molar-refractivity contribution is 0.0736. The van der Waals surface area contributed by atoms with E-state index in [0.29, 0.717) is 24.2 Å². The Labute approximate surface area is 132 Å². The summed E-state index contributed by atoms with van der Waals surface area (Å²) in [7, 11) is 0. The van der Waals surface area contributed by atoms with Gasteiger partial charge < -0.3 is 10.6 Å². The van der Waals surface area contributed by atoms with Crippen molar-refractivity contribution >= 4 is 17.2 Å². The number of rotatable bonds is 4. The van der Waals surface area contributed by atoms with Crippen molar-refractivity contribution in [2.45, 2.75) is 25.3 Å². The average Bonchev–Trinajstić information content (AvgIpc) is 3.17. The molecule has 0 spiro atoms. The normalized spacial score (nSPS) is 17.9. The van der Waals surface area contributed by atoms with Crippen molar-refractivity contribution < 1.29 is 9.18 Å². The van der Waals surface area contributed by atoms with Gasteiger partial charge in [0.1, 0.15) is 11.5 Å². The minimum absolute atomic E-state index is 0.0658. The number of carbonyl (C=O) groups is 1. The molecule has 0 aliphatic carbocycles. The van der Waals surface area contributed by atoms with Crippen LogP contribution in [0.3, 0.4) is 0 Å². The molecule has 4 nitrogen and oxygen atoms in total. The van der Waals surface area contributed by atoms with Gasteiger partial charge >= 0.3 is 0 Å². The fourth-order valence-electron chi connectivity index (χ4n) is 2.79. The molecule has 1 fully saturated rings. The van der Waals surface area contributed by atoms with E-state index in [2.05, 4.69) is 4.98 Å². The third-order valence-corrected chi connectivity index (χ3v) is 4.83. The van der Waals surface area contributed by atoms with Gasteiger partial charge in [0.05, 0.1) is 5.01 Å². The van der Waals surface area contributed by atoms with E-state index in [9.17, 15) is 9.18 Å². The first kappa shape index (κ1) is 15.1. The van der Waals surface area contributed by atoms with Gasteiger partial charge in [-0.25, -0.2) is 9.37 Å². The van der Waals surface area contributed by atoms with Crippen LogP contribution >= 0.6 is 11.3 Å². The number of carbonyl (C=O) groups excluding carboxylic acids is 1. The molecule has 1 saturated heterocycles. The Kier molecular flexibility index (Phi) is 4.49. The fourth-order valence-corrected chi connectivity index (χ4v) is 3.58. The van der Waals surface area contributed by atoms with Crippen molar-refractivity contribution in [3.05, 3.63) is 51.7 Å². The zero-order chi connectivity index (χ0) is 15.5. The molecule has 1 aromatic heterocycles. The Hall–Kier alpha value is -1.79. The van der Waals surface area contributed by atoms with Gasteiger partial charge in [0, 0.05) is 30.9 Å². The second-order valence-corrected chi connectivity index (χ2v) is 6.37. The van der Waals surface area contributed by atoms with Gasteiger partial charge in [0.15, 0.2) is 0 Å². The van der Waals surface area contributed by atoms with Gasteiger partial charge in [-0.1, -0.05) is 18.2 Å². The zero-order valence-electron chi connectivity index (χ0n) is 12.2. The van der Waals surface area contributed by atoms with Gasteiger partial charge in [0.25, 0.3) is 5.91 Å². The molecule has 1 aromatic carbocycles. The molecule has 3 rings (SSSR count). The van der Waals surface area contributed by atoms with E-state index >= 15 is 0 Å². The van der Waals surface area contributed by atoms with E-state index in [4.69, 9.17) is 5.73 Å². The summed E-state index contributed by atoms with van der Waals surface area (Å²) in [6.07, 6.45) is 2.35. The standard InChI is InChI=1S/C16H18FN3OS/c17-13-6-2-1-4-11(13)8-15-19-14(10-22-15)16(21)20-7-3-5-12(20)9-18/h1-2,4,6,10,12H,3,5,7-9,18H2. The number of hydrogen-bond acceptors (Lipinski definition) is 4. The summed E-state index contributed by atoms with van der Waals surface area (Å²) in [5.74, 6) is -0.308. The predicted octanol–water partition coefficient (Wildman–Crippen LogP) is 2.44. The molecule has 6 heteroatoms. The van der Waals surface area contributed by atoms with Crippen molar-refractivity contribution in [2.24, 2.45) is 5.73 Å². The molecule has 1 atom stereocenters. The molecule has 0 radical (unpaired) electrons. The first-order valence-electron chi connectivity index (χ1n) is 7.38. The molecule has 0 bridgehead atoms. The molecular formula is C16H18FN3OS. The van der Waals surface area contributed by atoms with Crippen molar-refractivity contribution in [3.63, 3.8) is 0 Å². The van der Waals surface area contributed by atoms with Crippen LogP contribution in [0.25, 0.3) is 0 Å². The highest BCUT2D eigenvalue weighted by Gasteiger charge is 2.29. The maximum absolute atomic E-state index is 13.7. The van der Waals surface area contributed by atoms with Crippen LogP contribution < -0.4 is 5.73 Å². The molecule has 2 N–H and O–H groups in total. The number of nitrogens with two attached hydrogens (primary N) is 1. The van der Waals surface area contributed by atoms with Crippen LogP contribution in [0.15, 0.2) is 29.6 Å². The van der Waals surface area contributed by atoms with E-state index in [1.165, 1.54) is 17.4 Å². The molecule has 2 heterocycles. The summed E-state index contributed by atoms with van der Waals surface area (Å²) in [6.45, 7) is 1.22. The topological polar surface area (TPSA) is 59.2 Å². The third-order valence-electron chi connectivity index (χ3n) is 3.98. The second-order valence-electron chi connectivity index (χ2n) is 5.42. The summed E-state index contributed by atoms with van der Waals surface area (Å²) in [5.41, 5.74) is 6.75. The van der Waals surface area contributed by atoms with Gasteiger partial charge in [-0.15, -0.1) is 11.3 Å². The van der Waals surface area contributed by atoms with Crippen molar-refractivity contribution in [3.8, 4) is 0 Å². The monoisotopic (exact) mass is 319 g/mol. The summed E-state index contributed by atoms with van der Waals surface area (Å²) in [4.78, 5) is 18.7. The molecular weight excluding hydrogens is 301 g/mol. The molecule has 1 aliphatic rings. The molecule has 0 saturated carbocycles. The fraction of sp³-hybridized carbons (Fsp3) is 0.375. The SMILES string of the molecule is NCC1CCCN1C(=O)c1csc(Cc2ccccc2F)n1. The lowest BCUT2D eigenvalue weighted by atomic mass is 10.1. The van der Waals surface area contributed by atoms with Crippen LogP contribution in [-0.4, -0.2) is 34.9 Å². The molecule has 1 unspecified atom stereocenters. The Morgan fingerprint density at radius 3 is 3.05 bits per heavy atom. The third kappa shape index (κ3) is 3.03. The molecule has 1 aliphatic heterocycles. The maximum Gasteiger partial charge on any atom is 0.273 e. The summed E-state index contributed by atoms with van der Waals surface area (Å²) in [5, 5.41) is 2.50. The highest BCUT2D eigenvalue weighted by molar-refractivity contribution is 7.09. The highest BCUT2D eigenvalue weighted by atomic mass is 32.1. The lowest BCUT2D eigenvalue weighted by Crippen LogP contribution is -2.40. The molecule has 22 heavy (non-hydrogen) atoms. The van der Waals surface area contributed by atoms with Crippen LogP contribution in [0.4, 0.5) is 4.39 Å². The summed E-state index contributed by atoms with van der Waals surface area (Å²) < 4.78 is 13.7. The Bertz CT molecular complexity index is 673. The van der Waals surface area contributed by atoms with Crippen LogP contribution in [-0.2, 0) is 6.42 Å². The number of aromatic nitrogens is 1. The van der Waals surface area contributed by atoms with Crippen molar-refractivity contribution in [1.82, 2.24) is 9.88 Å². The number of halogens is 1. The lowest BCUT2D eigenvalue weighted by Gasteiger charge is -2.22.